The molecule has 4 aromatic heterocycles. The number of hydrogen-bond donors (Lipinski definition) is 2. The number of aromatic nitrogens is 6. The number of pyridine rings is 1. The maximum atomic E-state index is 14.7. The summed E-state index contributed by atoms with van der Waals surface area (Å²) in [5.74, 6) is 1.14. The van der Waals surface area contributed by atoms with Crippen molar-refractivity contribution in [3.8, 4) is 39.5 Å². The maximum absolute atomic E-state index is 14.7. The number of ether oxygens (including phenoxy) is 1. The zero-order chi connectivity index (χ0) is 27.2. The number of H-pyrrole nitrogens is 2. The first kappa shape index (κ1) is 24.5. The Kier molecular flexibility index (Phi) is 6.08. The van der Waals surface area contributed by atoms with E-state index in [0.29, 0.717) is 12.4 Å². The summed E-state index contributed by atoms with van der Waals surface area (Å²) in [6.07, 6.45) is 7.92. The molecule has 0 radical (unpaired) electrons. The van der Waals surface area contributed by atoms with Gasteiger partial charge in [-0.2, -0.15) is 5.10 Å². The number of aromatic amines is 2. The number of likely N-dealkylation sites (tertiary alicyclic amines) is 1. The molecule has 5 heterocycles. The van der Waals surface area contributed by atoms with Gasteiger partial charge in [0, 0.05) is 47.8 Å². The zero-order valence-corrected chi connectivity index (χ0v) is 22.5. The smallest absolute Gasteiger partial charge is 0.127 e. The van der Waals surface area contributed by atoms with Crippen molar-refractivity contribution >= 4 is 21.8 Å². The molecule has 0 amide bonds. The number of halogens is 1. The van der Waals surface area contributed by atoms with E-state index in [4.69, 9.17) is 4.74 Å². The summed E-state index contributed by atoms with van der Waals surface area (Å²) in [6, 6.07) is 13.2. The summed E-state index contributed by atoms with van der Waals surface area (Å²) in [4.78, 5) is 14.7. The van der Waals surface area contributed by atoms with E-state index in [9.17, 15) is 4.39 Å². The van der Waals surface area contributed by atoms with Gasteiger partial charge in [-0.25, -0.2) is 9.37 Å². The molecule has 0 bridgehead atoms. The van der Waals surface area contributed by atoms with Crippen molar-refractivity contribution in [2.75, 3.05) is 26.2 Å². The van der Waals surface area contributed by atoms with E-state index in [1.165, 1.54) is 25.0 Å². The first-order chi connectivity index (χ1) is 19.5. The molecule has 202 valence electrons. The molecule has 1 aliphatic rings. The average Bonchev–Trinajstić information content (AvgIpc) is 3.75. The standard InChI is InChI=1S/C31H30FN7O/c1-19-34-18-30(38(19)2)20-5-6-27-25(13-20)31(37-36-27)28-15-24-26(16-33-17-29(24)35-28)21-11-22(32)14-23(12-21)40-10-9-39-7-3-4-8-39/h5-6,11-18,35H,3-4,7-10H2,1-2H3,(H,36,37). The first-order valence-corrected chi connectivity index (χ1v) is 13.6. The summed E-state index contributed by atoms with van der Waals surface area (Å²) in [6.45, 7) is 5.59. The fraction of sp³-hybridized carbons (Fsp3) is 0.258. The highest BCUT2D eigenvalue weighted by Gasteiger charge is 2.17. The lowest BCUT2D eigenvalue weighted by atomic mass is 10.0. The van der Waals surface area contributed by atoms with E-state index in [2.05, 4.69) is 52.8 Å². The molecule has 8 nitrogen and oxygen atoms in total. The first-order valence-electron chi connectivity index (χ1n) is 13.6. The Hall–Kier alpha value is -4.50. The van der Waals surface area contributed by atoms with Crippen LogP contribution in [0, 0.1) is 12.7 Å². The quantitative estimate of drug-likeness (QED) is 0.258. The molecule has 0 aliphatic carbocycles. The van der Waals surface area contributed by atoms with Gasteiger partial charge in [-0.3, -0.25) is 15.0 Å². The van der Waals surface area contributed by atoms with Gasteiger partial charge in [0.05, 0.1) is 34.8 Å². The second kappa shape index (κ2) is 9.91. The SMILES string of the molecule is Cc1ncc(-c2ccc3[nH]nc(-c4cc5c(-c6cc(F)cc(OCCN7CCCC7)c6)cncc5[nH]4)c3c2)n1C. The molecule has 1 saturated heterocycles. The summed E-state index contributed by atoms with van der Waals surface area (Å²) in [5, 5.41) is 9.73. The lowest BCUT2D eigenvalue weighted by molar-refractivity contribution is 0.237. The van der Waals surface area contributed by atoms with Gasteiger partial charge in [0.25, 0.3) is 0 Å². The highest BCUT2D eigenvalue weighted by Crippen LogP contribution is 2.36. The Morgan fingerprint density at radius 2 is 1.82 bits per heavy atom. The number of imidazole rings is 1. The van der Waals surface area contributed by atoms with E-state index in [1.54, 1.807) is 12.4 Å². The maximum Gasteiger partial charge on any atom is 0.127 e. The molecule has 0 unspecified atom stereocenters. The molecule has 9 heteroatoms. The van der Waals surface area contributed by atoms with E-state index < -0.39 is 0 Å². The minimum atomic E-state index is -0.335. The van der Waals surface area contributed by atoms with E-state index in [-0.39, 0.29) is 5.82 Å². The summed E-state index contributed by atoms with van der Waals surface area (Å²) in [7, 11) is 2.01. The minimum Gasteiger partial charge on any atom is -0.492 e. The van der Waals surface area contributed by atoms with Crippen LogP contribution in [0.1, 0.15) is 18.7 Å². The van der Waals surface area contributed by atoms with Crippen LogP contribution < -0.4 is 4.74 Å². The van der Waals surface area contributed by atoms with Crippen LogP contribution in [0.3, 0.4) is 0 Å². The Labute approximate surface area is 230 Å². The van der Waals surface area contributed by atoms with Crippen LogP contribution in [-0.4, -0.2) is 60.9 Å². The molecule has 0 saturated carbocycles. The van der Waals surface area contributed by atoms with E-state index >= 15 is 0 Å². The molecule has 7 rings (SSSR count). The van der Waals surface area contributed by atoms with Gasteiger partial charge in [0.1, 0.15) is 29.7 Å². The second-order valence-electron chi connectivity index (χ2n) is 10.5. The minimum absolute atomic E-state index is 0.335. The van der Waals surface area contributed by atoms with Crippen molar-refractivity contribution < 1.29 is 9.13 Å². The van der Waals surface area contributed by atoms with Crippen LogP contribution >= 0.6 is 0 Å². The second-order valence-corrected chi connectivity index (χ2v) is 10.5. The Bertz CT molecular complexity index is 1840. The summed E-state index contributed by atoms with van der Waals surface area (Å²) < 4.78 is 22.8. The number of benzene rings is 2. The molecule has 0 atom stereocenters. The number of nitrogens with zero attached hydrogens (tertiary/aromatic N) is 5. The fourth-order valence-electron chi connectivity index (χ4n) is 5.66. The molecule has 2 N–H and O–H groups in total. The number of aryl methyl sites for hydroxylation is 1. The third kappa shape index (κ3) is 4.42. The van der Waals surface area contributed by atoms with Gasteiger partial charge in [-0.1, -0.05) is 6.07 Å². The van der Waals surface area contributed by atoms with E-state index in [1.807, 2.05) is 32.3 Å². The van der Waals surface area contributed by atoms with Gasteiger partial charge in [0.2, 0.25) is 0 Å². The van der Waals surface area contributed by atoms with Crippen molar-refractivity contribution in [3.05, 3.63) is 72.7 Å². The topological polar surface area (TPSA) is 87.7 Å². The van der Waals surface area contributed by atoms with Gasteiger partial charge >= 0.3 is 0 Å². The molecule has 2 aromatic carbocycles. The van der Waals surface area contributed by atoms with Gasteiger partial charge in [-0.15, -0.1) is 0 Å². The Morgan fingerprint density at radius 3 is 2.65 bits per heavy atom. The largest absolute Gasteiger partial charge is 0.492 e. The van der Waals surface area contributed by atoms with Gasteiger partial charge in [0.15, 0.2) is 0 Å². The molecule has 1 fully saturated rings. The normalized spacial score (nSPS) is 14.1. The van der Waals surface area contributed by atoms with Crippen LogP contribution in [0.2, 0.25) is 0 Å². The summed E-state index contributed by atoms with van der Waals surface area (Å²) >= 11 is 0. The lowest BCUT2D eigenvalue weighted by Gasteiger charge is -2.15. The average molecular weight is 536 g/mol. The molecule has 0 spiro atoms. The number of hydrogen-bond acceptors (Lipinski definition) is 5. The number of rotatable bonds is 7. The van der Waals surface area contributed by atoms with Gasteiger partial charge in [-0.05, 0) is 68.8 Å². The third-order valence-electron chi connectivity index (χ3n) is 7.94. The third-order valence-corrected chi connectivity index (χ3v) is 7.94. The Balaban J connectivity index is 1.23. The van der Waals surface area contributed by atoms with Gasteiger partial charge < -0.3 is 14.3 Å². The predicted molar refractivity (Wildman–Crippen MR) is 155 cm³/mol. The number of nitrogens with one attached hydrogen (secondary N) is 2. The van der Waals surface area contributed by atoms with Crippen molar-refractivity contribution in [1.82, 2.24) is 34.6 Å². The lowest BCUT2D eigenvalue weighted by Crippen LogP contribution is -2.25. The van der Waals surface area contributed by atoms with Crippen molar-refractivity contribution in [1.29, 1.82) is 0 Å². The molecule has 1 aliphatic heterocycles. The number of fused-ring (bicyclic) bond motifs is 2. The monoisotopic (exact) mass is 535 g/mol. The van der Waals surface area contributed by atoms with Crippen LogP contribution in [0.15, 0.2) is 61.1 Å². The molecular weight excluding hydrogens is 505 g/mol. The molecule has 40 heavy (non-hydrogen) atoms. The van der Waals surface area contributed by atoms with Crippen LogP contribution in [-0.2, 0) is 7.05 Å². The van der Waals surface area contributed by atoms with Crippen molar-refractivity contribution in [2.45, 2.75) is 19.8 Å². The van der Waals surface area contributed by atoms with Crippen LogP contribution in [0.4, 0.5) is 4.39 Å². The highest BCUT2D eigenvalue weighted by atomic mass is 19.1. The van der Waals surface area contributed by atoms with Crippen molar-refractivity contribution in [3.63, 3.8) is 0 Å². The molecular formula is C31H30FN7O. The van der Waals surface area contributed by atoms with E-state index in [0.717, 1.165) is 81.0 Å². The Morgan fingerprint density at radius 1 is 0.950 bits per heavy atom. The zero-order valence-electron chi connectivity index (χ0n) is 22.5. The van der Waals surface area contributed by atoms with Crippen LogP contribution in [0.25, 0.3) is 55.6 Å². The summed E-state index contributed by atoms with van der Waals surface area (Å²) in [5.41, 5.74) is 7.11. The predicted octanol–water partition coefficient (Wildman–Crippen LogP) is 6.10. The highest BCUT2D eigenvalue weighted by molar-refractivity contribution is 6.01. The van der Waals surface area contributed by atoms with Crippen molar-refractivity contribution in [2.24, 2.45) is 7.05 Å². The van der Waals surface area contributed by atoms with Crippen LogP contribution in [0.5, 0.6) is 5.75 Å². The fourth-order valence-corrected chi connectivity index (χ4v) is 5.66. The molecule has 6 aromatic rings.